The Morgan fingerprint density at radius 2 is 2.10 bits per heavy atom. The Morgan fingerprint density at radius 1 is 1.29 bits per heavy atom. The van der Waals surface area contributed by atoms with Gasteiger partial charge in [0.2, 0.25) is 5.95 Å². The minimum Gasteiger partial charge on any atom is -0.492 e. The molecule has 21 heavy (non-hydrogen) atoms. The van der Waals surface area contributed by atoms with Crippen molar-refractivity contribution in [3.8, 4) is 5.75 Å². The van der Waals surface area contributed by atoms with Gasteiger partial charge in [-0.15, -0.1) is 0 Å². The van der Waals surface area contributed by atoms with Crippen LogP contribution in [0.5, 0.6) is 5.75 Å². The zero-order valence-corrected chi connectivity index (χ0v) is 11.4. The van der Waals surface area contributed by atoms with Gasteiger partial charge in [-0.05, 0) is 24.3 Å². The Labute approximate surface area is 121 Å². The molecule has 1 aromatic carbocycles. The van der Waals surface area contributed by atoms with Gasteiger partial charge in [0.25, 0.3) is 5.91 Å². The van der Waals surface area contributed by atoms with E-state index in [4.69, 9.17) is 4.74 Å². The molecule has 110 valence electrons. The molecule has 0 spiro atoms. The highest BCUT2D eigenvalue weighted by molar-refractivity contribution is 5.93. The van der Waals surface area contributed by atoms with Crippen molar-refractivity contribution in [3.05, 3.63) is 59.9 Å². The molecular weight excluding hydrogens is 278 g/mol. The van der Waals surface area contributed by atoms with Crippen molar-refractivity contribution in [2.24, 2.45) is 0 Å². The van der Waals surface area contributed by atoms with E-state index >= 15 is 0 Å². The Kier molecular flexibility index (Phi) is 4.81. The molecule has 0 radical (unpaired) electrons. The molecule has 0 fully saturated rings. The number of likely N-dealkylation sites (N-methyl/N-ethyl adjacent to an activating group) is 1. The normalized spacial score (nSPS) is 10.2. The monoisotopic (exact) mass is 292 g/mol. The predicted octanol–water partition coefficient (Wildman–Crippen LogP) is 2.51. The quantitative estimate of drug-likeness (QED) is 0.795. The summed E-state index contributed by atoms with van der Waals surface area (Å²) in [6.07, 6.45) is 1.18. The van der Waals surface area contributed by atoms with Crippen molar-refractivity contribution >= 4 is 5.91 Å². The van der Waals surface area contributed by atoms with E-state index in [2.05, 4.69) is 4.98 Å². The zero-order valence-electron chi connectivity index (χ0n) is 11.4. The Balaban J connectivity index is 1.85. The number of carbonyl (C=O) groups is 1. The number of rotatable bonds is 5. The first kappa shape index (κ1) is 14.9. The van der Waals surface area contributed by atoms with Crippen LogP contribution in [-0.4, -0.2) is 36.0 Å². The summed E-state index contributed by atoms with van der Waals surface area (Å²) in [4.78, 5) is 16.9. The fourth-order valence-electron chi connectivity index (χ4n) is 1.68. The van der Waals surface area contributed by atoms with E-state index in [1.165, 1.54) is 29.3 Å². The van der Waals surface area contributed by atoms with E-state index in [1.54, 1.807) is 19.2 Å². The van der Waals surface area contributed by atoms with Crippen LogP contribution in [0.15, 0.2) is 42.6 Å². The van der Waals surface area contributed by atoms with Gasteiger partial charge in [-0.1, -0.05) is 6.07 Å². The number of carbonyl (C=O) groups excluding carboxylic acids is 1. The summed E-state index contributed by atoms with van der Waals surface area (Å²) in [6.45, 7) is 0.535. The highest BCUT2D eigenvalue weighted by atomic mass is 19.1. The summed E-state index contributed by atoms with van der Waals surface area (Å²) >= 11 is 0. The molecule has 2 aromatic rings. The summed E-state index contributed by atoms with van der Waals surface area (Å²) in [5.41, 5.74) is 0.296. The van der Waals surface area contributed by atoms with Crippen molar-refractivity contribution in [2.75, 3.05) is 20.2 Å². The summed E-state index contributed by atoms with van der Waals surface area (Å²) in [5, 5.41) is 0. The summed E-state index contributed by atoms with van der Waals surface area (Å²) in [7, 11) is 1.60. The minimum absolute atomic E-state index is 0.223. The van der Waals surface area contributed by atoms with Gasteiger partial charge >= 0.3 is 0 Å². The van der Waals surface area contributed by atoms with Crippen molar-refractivity contribution in [1.29, 1.82) is 0 Å². The maximum absolute atomic E-state index is 13.0. The third kappa shape index (κ3) is 4.24. The molecule has 2 rings (SSSR count). The lowest BCUT2D eigenvalue weighted by atomic mass is 10.2. The standard InChI is InChI=1S/C15H14F2N2O2/c1-19(15(20)11-5-6-14(17)18-10-11)7-8-21-13-4-2-3-12(16)9-13/h2-6,9-10H,7-8H2,1H3. The summed E-state index contributed by atoms with van der Waals surface area (Å²) in [5.74, 6) is -0.900. The molecule has 4 nitrogen and oxygen atoms in total. The van der Waals surface area contributed by atoms with E-state index in [0.29, 0.717) is 17.9 Å². The van der Waals surface area contributed by atoms with E-state index in [0.717, 1.165) is 6.07 Å². The molecule has 0 unspecified atom stereocenters. The third-order valence-corrected chi connectivity index (χ3v) is 2.81. The number of amides is 1. The van der Waals surface area contributed by atoms with Crippen LogP contribution < -0.4 is 4.74 Å². The van der Waals surface area contributed by atoms with Gasteiger partial charge in [-0.3, -0.25) is 4.79 Å². The number of benzene rings is 1. The lowest BCUT2D eigenvalue weighted by molar-refractivity contribution is 0.0773. The van der Waals surface area contributed by atoms with Crippen molar-refractivity contribution in [2.45, 2.75) is 0 Å². The van der Waals surface area contributed by atoms with Crippen molar-refractivity contribution in [3.63, 3.8) is 0 Å². The molecule has 6 heteroatoms. The average Bonchev–Trinajstić information content (AvgIpc) is 2.47. The predicted molar refractivity (Wildman–Crippen MR) is 73.1 cm³/mol. The van der Waals surface area contributed by atoms with Crippen LogP contribution in [0.3, 0.4) is 0 Å². The van der Waals surface area contributed by atoms with E-state index in [-0.39, 0.29) is 18.3 Å². The van der Waals surface area contributed by atoms with Gasteiger partial charge in [0, 0.05) is 19.3 Å². The second-order valence-electron chi connectivity index (χ2n) is 4.40. The lowest BCUT2D eigenvalue weighted by Gasteiger charge is -2.17. The molecule has 0 atom stereocenters. The number of halogens is 2. The molecule has 0 N–H and O–H groups in total. The van der Waals surface area contributed by atoms with Crippen LogP contribution in [0.25, 0.3) is 0 Å². The number of aromatic nitrogens is 1. The Bertz CT molecular complexity index is 617. The smallest absolute Gasteiger partial charge is 0.255 e. The van der Waals surface area contributed by atoms with Crippen molar-refractivity contribution < 1.29 is 18.3 Å². The molecule has 0 saturated heterocycles. The summed E-state index contributed by atoms with van der Waals surface area (Å²) < 4.78 is 31.0. The van der Waals surface area contributed by atoms with Gasteiger partial charge < -0.3 is 9.64 Å². The molecule has 0 aliphatic rings. The molecule has 1 heterocycles. The molecule has 0 bridgehead atoms. The second kappa shape index (κ2) is 6.78. The SMILES string of the molecule is CN(CCOc1cccc(F)c1)C(=O)c1ccc(F)nc1. The van der Waals surface area contributed by atoms with Crippen LogP contribution >= 0.6 is 0 Å². The fourth-order valence-corrected chi connectivity index (χ4v) is 1.68. The molecule has 1 amide bonds. The highest BCUT2D eigenvalue weighted by Crippen LogP contribution is 2.11. The van der Waals surface area contributed by atoms with Gasteiger partial charge in [-0.2, -0.15) is 4.39 Å². The lowest BCUT2D eigenvalue weighted by Crippen LogP contribution is -2.31. The number of hydrogen-bond acceptors (Lipinski definition) is 3. The molecule has 0 aliphatic carbocycles. The maximum Gasteiger partial charge on any atom is 0.255 e. The van der Waals surface area contributed by atoms with Crippen LogP contribution in [0.2, 0.25) is 0 Å². The Hall–Kier alpha value is -2.50. The van der Waals surface area contributed by atoms with E-state index in [1.807, 2.05) is 0 Å². The fraction of sp³-hybridized carbons (Fsp3) is 0.200. The van der Waals surface area contributed by atoms with E-state index in [9.17, 15) is 13.6 Å². The molecule has 1 aromatic heterocycles. The highest BCUT2D eigenvalue weighted by Gasteiger charge is 2.12. The van der Waals surface area contributed by atoms with Crippen molar-refractivity contribution in [1.82, 2.24) is 9.88 Å². The van der Waals surface area contributed by atoms with Gasteiger partial charge in [-0.25, -0.2) is 9.37 Å². The number of nitrogens with zero attached hydrogens (tertiary/aromatic N) is 2. The zero-order chi connectivity index (χ0) is 15.2. The largest absolute Gasteiger partial charge is 0.492 e. The molecular formula is C15H14F2N2O2. The first-order valence-corrected chi connectivity index (χ1v) is 6.31. The summed E-state index contributed by atoms with van der Waals surface area (Å²) in [6, 6.07) is 8.27. The topological polar surface area (TPSA) is 42.4 Å². The van der Waals surface area contributed by atoms with E-state index < -0.39 is 5.95 Å². The maximum atomic E-state index is 13.0. The van der Waals surface area contributed by atoms with Crippen LogP contribution in [0.1, 0.15) is 10.4 Å². The number of pyridine rings is 1. The second-order valence-corrected chi connectivity index (χ2v) is 4.40. The number of hydrogen-bond donors (Lipinski definition) is 0. The number of ether oxygens (including phenoxy) is 1. The average molecular weight is 292 g/mol. The van der Waals surface area contributed by atoms with Gasteiger partial charge in [0.1, 0.15) is 18.2 Å². The van der Waals surface area contributed by atoms with Gasteiger partial charge in [0.05, 0.1) is 12.1 Å². The molecule has 0 aliphatic heterocycles. The van der Waals surface area contributed by atoms with Crippen LogP contribution in [0.4, 0.5) is 8.78 Å². The first-order chi connectivity index (χ1) is 10.1. The minimum atomic E-state index is -0.636. The van der Waals surface area contributed by atoms with Gasteiger partial charge in [0.15, 0.2) is 0 Å². The third-order valence-electron chi connectivity index (χ3n) is 2.81. The van der Waals surface area contributed by atoms with Crippen LogP contribution in [-0.2, 0) is 0 Å². The Morgan fingerprint density at radius 3 is 2.76 bits per heavy atom. The first-order valence-electron chi connectivity index (χ1n) is 6.31. The van der Waals surface area contributed by atoms with Crippen LogP contribution in [0, 0.1) is 11.8 Å². The molecule has 0 saturated carbocycles.